The Morgan fingerprint density at radius 1 is 0.973 bits per heavy atom. The maximum Gasteiger partial charge on any atom is 0.408 e. The Labute approximate surface area is 215 Å². The Morgan fingerprint density at radius 2 is 1.68 bits per heavy atom. The molecule has 1 aromatic heterocycles. The van der Waals surface area contributed by atoms with Crippen molar-refractivity contribution < 1.29 is 19.4 Å². The van der Waals surface area contributed by atoms with Crippen molar-refractivity contribution in [2.45, 2.75) is 38.8 Å². The smallest absolute Gasteiger partial charge is 0.408 e. The molecule has 0 unspecified atom stereocenters. The van der Waals surface area contributed by atoms with E-state index in [2.05, 4.69) is 45.6 Å². The van der Waals surface area contributed by atoms with Gasteiger partial charge in [-0.3, -0.25) is 4.98 Å². The van der Waals surface area contributed by atoms with Crippen LogP contribution >= 0.6 is 0 Å². The van der Waals surface area contributed by atoms with Gasteiger partial charge in [-0.1, -0.05) is 54.6 Å². The molecule has 1 atom stereocenters. The van der Waals surface area contributed by atoms with Crippen LogP contribution in [-0.4, -0.2) is 45.8 Å². The largest absolute Gasteiger partial charge is 0.480 e. The average Bonchev–Trinajstić information content (AvgIpc) is 2.87. The third-order valence-corrected chi connectivity index (χ3v) is 5.78. The van der Waals surface area contributed by atoms with E-state index in [4.69, 9.17) is 4.74 Å². The van der Waals surface area contributed by atoms with Gasteiger partial charge in [0.25, 0.3) is 0 Å². The maximum absolute atomic E-state index is 12.0. The van der Waals surface area contributed by atoms with Gasteiger partial charge in [-0.05, 0) is 49.2 Å². The number of aliphatic carboxylic acids is 1. The summed E-state index contributed by atoms with van der Waals surface area (Å²) in [6.45, 7) is 5.16. The van der Waals surface area contributed by atoms with Crippen molar-refractivity contribution in [1.29, 1.82) is 0 Å². The number of nitrogens with one attached hydrogen (secondary N) is 1. The normalized spacial score (nSPS) is 12.1. The molecule has 0 bridgehead atoms. The lowest BCUT2D eigenvalue weighted by atomic mass is 10.0. The minimum Gasteiger partial charge on any atom is -0.480 e. The molecule has 4 aromatic rings. The fourth-order valence-corrected chi connectivity index (χ4v) is 3.86. The lowest BCUT2D eigenvalue weighted by Gasteiger charge is -2.22. The van der Waals surface area contributed by atoms with Crippen LogP contribution in [0.15, 0.2) is 79.1 Å². The Bertz CT molecular complexity index is 1400. The highest BCUT2D eigenvalue weighted by Gasteiger charge is 2.24. The Morgan fingerprint density at radius 3 is 2.30 bits per heavy atom. The summed E-state index contributed by atoms with van der Waals surface area (Å²) in [5.74, 6) is -0.417. The third-order valence-electron chi connectivity index (χ3n) is 5.78. The number of carboxylic acid groups (broad SMARTS) is 1. The monoisotopic (exact) mass is 498 g/mol. The molecule has 0 saturated carbocycles. The molecule has 8 nitrogen and oxygen atoms in total. The van der Waals surface area contributed by atoms with Crippen molar-refractivity contribution in [3.05, 3.63) is 84.7 Å². The van der Waals surface area contributed by atoms with Gasteiger partial charge in [-0.25, -0.2) is 14.6 Å². The topological polar surface area (TPSA) is 105 Å². The standard InChI is InChI=1S/C29H30N4O4/c1-29(2,3)37-28(36)32-24(27(34)35)15-19-9-11-21(12-10-19)25-17-31-26(18-30-25)33(4)23-14-13-20-7-5-6-8-22(20)16-23/h5-14,16-18,24H,15H2,1-4H3,(H,32,36)(H,34,35)/t24-/m0/s1. The zero-order valence-electron chi connectivity index (χ0n) is 21.3. The highest BCUT2D eigenvalue weighted by molar-refractivity contribution is 5.86. The van der Waals surface area contributed by atoms with Gasteiger partial charge in [0, 0.05) is 24.7 Å². The SMILES string of the molecule is CN(c1ccc2ccccc2c1)c1cnc(-c2ccc(C[C@H](NC(=O)OC(C)(C)C)C(=O)O)cc2)cn1. The zero-order chi connectivity index (χ0) is 26.6. The van der Waals surface area contributed by atoms with E-state index < -0.39 is 23.7 Å². The third kappa shape index (κ3) is 6.61. The summed E-state index contributed by atoms with van der Waals surface area (Å²) in [7, 11) is 1.95. The van der Waals surface area contributed by atoms with Gasteiger partial charge in [0.2, 0.25) is 0 Å². The predicted octanol–water partition coefficient (Wildman–Crippen LogP) is 5.59. The van der Waals surface area contributed by atoms with Crippen molar-refractivity contribution >= 4 is 34.3 Å². The van der Waals surface area contributed by atoms with E-state index >= 15 is 0 Å². The molecule has 2 N–H and O–H groups in total. The van der Waals surface area contributed by atoms with Crippen molar-refractivity contribution in [2.75, 3.05) is 11.9 Å². The number of carboxylic acids is 1. The molecule has 1 amide bonds. The van der Waals surface area contributed by atoms with Crippen molar-refractivity contribution in [2.24, 2.45) is 0 Å². The summed E-state index contributed by atoms with van der Waals surface area (Å²) in [5.41, 5.74) is 2.60. The summed E-state index contributed by atoms with van der Waals surface area (Å²) < 4.78 is 5.17. The van der Waals surface area contributed by atoms with Crippen molar-refractivity contribution in [1.82, 2.24) is 15.3 Å². The van der Waals surface area contributed by atoms with Crippen LogP contribution in [0.25, 0.3) is 22.0 Å². The van der Waals surface area contributed by atoms with Gasteiger partial charge in [-0.2, -0.15) is 0 Å². The molecule has 4 rings (SSSR count). The van der Waals surface area contributed by atoms with Gasteiger partial charge >= 0.3 is 12.1 Å². The molecular formula is C29H30N4O4. The quantitative estimate of drug-likeness (QED) is 0.342. The second-order valence-corrected chi connectivity index (χ2v) is 9.79. The first-order valence-corrected chi connectivity index (χ1v) is 12.0. The summed E-state index contributed by atoms with van der Waals surface area (Å²) in [6.07, 6.45) is 2.80. The minimum atomic E-state index is -1.13. The number of anilines is 2. The van der Waals surface area contributed by atoms with Crippen LogP contribution in [0.3, 0.4) is 0 Å². The molecule has 0 aliphatic carbocycles. The summed E-state index contributed by atoms with van der Waals surface area (Å²) in [6, 6.07) is 20.7. The summed E-state index contributed by atoms with van der Waals surface area (Å²) in [5, 5.41) is 14.3. The molecule has 190 valence electrons. The highest BCUT2D eigenvalue weighted by atomic mass is 16.6. The Balaban J connectivity index is 1.43. The number of ether oxygens (including phenoxy) is 1. The molecule has 0 aliphatic heterocycles. The van der Waals surface area contributed by atoms with Gasteiger partial charge in [0.1, 0.15) is 11.6 Å². The Kier molecular flexibility index (Phi) is 7.38. The number of fused-ring (bicyclic) bond motifs is 1. The summed E-state index contributed by atoms with van der Waals surface area (Å²) >= 11 is 0. The van der Waals surface area contributed by atoms with Crippen LogP contribution in [0.5, 0.6) is 0 Å². The predicted molar refractivity (Wildman–Crippen MR) is 144 cm³/mol. The minimum absolute atomic E-state index is 0.121. The lowest BCUT2D eigenvalue weighted by Crippen LogP contribution is -2.44. The molecule has 0 radical (unpaired) electrons. The second kappa shape index (κ2) is 10.7. The number of nitrogens with zero attached hydrogens (tertiary/aromatic N) is 3. The van der Waals surface area contributed by atoms with Crippen LogP contribution in [0.1, 0.15) is 26.3 Å². The molecule has 0 saturated heterocycles. The summed E-state index contributed by atoms with van der Waals surface area (Å²) in [4.78, 5) is 34.8. The van der Waals surface area contributed by atoms with E-state index in [-0.39, 0.29) is 6.42 Å². The number of hydrogen-bond donors (Lipinski definition) is 2. The first-order valence-electron chi connectivity index (χ1n) is 12.0. The van der Waals surface area contributed by atoms with Gasteiger partial charge in [0.05, 0.1) is 18.1 Å². The Hall–Kier alpha value is -4.46. The fourth-order valence-electron chi connectivity index (χ4n) is 3.86. The van der Waals surface area contributed by atoms with Crippen molar-refractivity contribution in [3.63, 3.8) is 0 Å². The number of alkyl carbamates (subject to hydrolysis) is 1. The van der Waals surface area contributed by atoms with Crippen LogP contribution < -0.4 is 10.2 Å². The molecule has 8 heteroatoms. The number of amides is 1. The highest BCUT2D eigenvalue weighted by Crippen LogP contribution is 2.26. The van der Waals surface area contributed by atoms with Crippen LogP contribution in [0.4, 0.5) is 16.3 Å². The number of benzene rings is 3. The van der Waals surface area contributed by atoms with Crippen LogP contribution in [0, 0.1) is 0 Å². The zero-order valence-corrected chi connectivity index (χ0v) is 21.3. The van der Waals surface area contributed by atoms with Gasteiger partial charge in [0.15, 0.2) is 5.82 Å². The average molecular weight is 499 g/mol. The molecular weight excluding hydrogens is 468 g/mol. The first kappa shape index (κ1) is 25.6. The van der Waals surface area contributed by atoms with E-state index in [0.717, 1.165) is 22.2 Å². The number of rotatable bonds is 7. The van der Waals surface area contributed by atoms with E-state index in [1.54, 1.807) is 33.2 Å². The molecule has 0 fully saturated rings. The lowest BCUT2D eigenvalue weighted by molar-refractivity contribution is -0.139. The second-order valence-electron chi connectivity index (χ2n) is 9.79. The molecule has 3 aromatic carbocycles. The number of aromatic nitrogens is 2. The fraction of sp³-hybridized carbons (Fsp3) is 0.241. The number of carbonyl (C=O) groups is 2. The van der Waals surface area contributed by atoms with E-state index in [1.807, 2.05) is 48.3 Å². The molecule has 0 aliphatic rings. The first-order chi connectivity index (χ1) is 17.6. The van der Waals surface area contributed by atoms with Crippen LogP contribution in [0.2, 0.25) is 0 Å². The van der Waals surface area contributed by atoms with E-state index in [1.165, 1.54) is 5.39 Å². The van der Waals surface area contributed by atoms with E-state index in [9.17, 15) is 14.7 Å². The molecule has 37 heavy (non-hydrogen) atoms. The van der Waals surface area contributed by atoms with Gasteiger partial charge < -0.3 is 20.1 Å². The molecule has 1 heterocycles. The van der Waals surface area contributed by atoms with Crippen molar-refractivity contribution in [3.8, 4) is 11.3 Å². The number of hydrogen-bond acceptors (Lipinski definition) is 6. The molecule has 0 spiro atoms. The van der Waals surface area contributed by atoms with E-state index in [0.29, 0.717) is 11.5 Å². The number of carbonyl (C=O) groups excluding carboxylic acids is 1. The van der Waals surface area contributed by atoms with Gasteiger partial charge in [-0.15, -0.1) is 0 Å². The maximum atomic E-state index is 12.0. The van der Waals surface area contributed by atoms with Crippen LogP contribution in [-0.2, 0) is 16.0 Å².